The van der Waals surface area contributed by atoms with Crippen LogP contribution in [0, 0.1) is 0 Å². The van der Waals surface area contributed by atoms with E-state index in [1.807, 2.05) is 0 Å². The van der Waals surface area contributed by atoms with Gasteiger partial charge in [-0.2, -0.15) is 5.10 Å². The smallest absolute Gasteiger partial charge is 0.242 e. The van der Waals surface area contributed by atoms with Gasteiger partial charge in [-0.3, -0.25) is 9.78 Å². The fourth-order valence-corrected chi connectivity index (χ4v) is 4.06. The van der Waals surface area contributed by atoms with Crippen LogP contribution < -0.4 is 11.1 Å². The lowest BCUT2D eigenvalue weighted by Gasteiger charge is -2.22. The summed E-state index contributed by atoms with van der Waals surface area (Å²) in [6.07, 6.45) is 7.43. The number of pyridine rings is 1. The number of rotatable bonds is 5. The molecule has 1 unspecified atom stereocenters. The van der Waals surface area contributed by atoms with Crippen LogP contribution in [0.5, 0.6) is 0 Å². The van der Waals surface area contributed by atoms with Gasteiger partial charge in [0.05, 0.1) is 28.2 Å². The molecule has 162 valence electrons. The molecule has 4 aromatic rings. The quantitative estimate of drug-likeness (QED) is 0.474. The van der Waals surface area contributed by atoms with Crippen LogP contribution in [0.2, 0.25) is 5.02 Å². The summed E-state index contributed by atoms with van der Waals surface area (Å²) in [6, 6.07) is 3.38. The summed E-state index contributed by atoms with van der Waals surface area (Å²) in [5.41, 5.74) is 8.22. The molecule has 0 saturated heterocycles. The van der Waals surface area contributed by atoms with Crippen molar-refractivity contribution in [1.29, 1.82) is 0 Å². The van der Waals surface area contributed by atoms with E-state index in [4.69, 9.17) is 22.3 Å². The third-order valence-electron chi connectivity index (χ3n) is 5.69. The molecular formula is C21H20ClN9O. The van der Waals surface area contributed by atoms with Gasteiger partial charge >= 0.3 is 0 Å². The van der Waals surface area contributed by atoms with E-state index in [9.17, 15) is 4.79 Å². The van der Waals surface area contributed by atoms with Crippen LogP contribution in [-0.4, -0.2) is 40.4 Å². The van der Waals surface area contributed by atoms with E-state index in [2.05, 4.69) is 37.3 Å². The molecule has 32 heavy (non-hydrogen) atoms. The Kier molecular flexibility index (Phi) is 4.74. The molecule has 0 aliphatic carbocycles. The topological polar surface area (TPSA) is 137 Å². The van der Waals surface area contributed by atoms with Gasteiger partial charge < -0.3 is 11.1 Å². The predicted octanol–water partition coefficient (Wildman–Crippen LogP) is 2.81. The van der Waals surface area contributed by atoms with Gasteiger partial charge in [0.1, 0.15) is 29.1 Å². The summed E-state index contributed by atoms with van der Waals surface area (Å²) in [6.45, 7) is 3.86. The van der Waals surface area contributed by atoms with Gasteiger partial charge in [-0.15, -0.1) is 0 Å². The maximum absolute atomic E-state index is 13.0. The second kappa shape index (κ2) is 7.49. The van der Waals surface area contributed by atoms with Crippen LogP contribution in [-0.2, 0) is 16.6 Å². The molecule has 0 saturated carbocycles. The molecule has 11 heteroatoms. The Bertz CT molecular complexity index is 1350. The van der Waals surface area contributed by atoms with Gasteiger partial charge in [-0.1, -0.05) is 24.9 Å². The summed E-state index contributed by atoms with van der Waals surface area (Å²) in [7, 11) is 0. The molecule has 1 atom stereocenters. The zero-order chi connectivity index (χ0) is 22.5. The minimum Gasteiger partial charge on any atom is -0.383 e. The first kappa shape index (κ1) is 20.3. The Morgan fingerprint density at radius 2 is 2.06 bits per heavy atom. The Morgan fingerprint density at radius 3 is 2.81 bits per heavy atom. The summed E-state index contributed by atoms with van der Waals surface area (Å²) in [4.78, 5) is 35.5. The molecule has 4 aromatic heterocycles. The van der Waals surface area contributed by atoms with Crippen LogP contribution in [0.1, 0.15) is 43.6 Å². The number of hydrogen-bond acceptors (Lipinski definition) is 8. The number of amides is 1. The number of nitrogens with two attached hydrogens (primary N) is 1. The zero-order valence-corrected chi connectivity index (χ0v) is 18.3. The largest absolute Gasteiger partial charge is 0.383 e. The number of nitrogen functional groups attached to an aromatic ring is 1. The maximum Gasteiger partial charge on any atom is 0.242 e. The van der Waals surface area contributed by atoms with E-state index in [0.29, 0.717) is 39.3 Å². The Morgan fingerprint density at radius 1 is 1.22 bits per heavy atom. The molecule has 5 rings (SSSR count). The van der Waals surface area contributed by atoms with Crippen molar-refractivity contribution < 1.29 is 4.79 Å². The third-order valence-corrected chi connectivity index (χ3v) is 5.91. The van der Waals surface area contributed by atoms with Gasteiger partial charge in [0.25, 0.3) is 0 Å². The summed E-state index contributed by atoms with van der Waals surface area (Å²) >= 11 is 5.97. The molecule has 0 spiro atoms. The average Bonchev–Trinajstić information content (AvgIpc) is 3.35. The van der Waals surface area contributed by atoms with E-state index >= 15 is 0 Å². The number of carbonyl (C=O) groups excluding carboxylic acids is 1. The Hall–Kier alpha value is -3.66. The number of unbranched alkanes of at least 4 members (excludes halogenated alkanes) is 1. The highest BCUT2D eigenvalue weighted by Crippen LogP contribution is 2.44. The van der Waals surface area contributed by atoms with Crippen molar-refractivity contribution >= 4 is 34.8 Å². The first-order chi connectivity index (χ1) is 15.4. The van der Waals surface area contributed by atoms with Crippen LogP contribution in [0.3, 0.4) is 0 Å². The van der Waals surface area contributed by atoms with Crippen LogP contribution in [0.25, 0.3) is 17.2 Å². The molecule has 3 N–H and O–H groups in total. The SMILES string of the molecule is CCCCc1nc(-c2nc(N)c3c(n2)NC(=O)C3(C)c2ccc(Cl)cn2)cn2ncnc12. The van der Waals surface area contributed by atoms with Crippen molar-refractivity contribution in [2.75, 3.05) is 11.1 Å². The highest BCUT2D eigenvalue weighted by Gasteiger charge is 2.48. The molecule has 1 aliphatic rings. The number of carbonyl (C=O) groups is 1. The summed E-state index contributed by atoms with van der Waals surface area (Å²) in [5, 5.41) is 7.54. The van der Waals surface area contributed by atoms with Crippen molar-refractivity contribution in [2.45, 2.75) is 38.5 Å². The second-order valence-corrected chi connectivity index (χ2v) is 8.24. The van der Waals surface area contributed by atoms with Crippen molar-refractivity contribution in [1.82, 2.24) is 34.5 Å². The highest BCUT2D eigenvalue weighted by molar-refractivity contribution is 6.30. The lowest BCUT2D eigenvalue weighted by molar-refractivity contribution is -0.119. The summed E-state index contributed by atoms with van der Waals surface area (Å²) < 4.78 is 1.65. The molecular weight excluding hydrogens is 430 g/mol. The summed E-state index contributed by atoms with van der Waals surface area (Å²) in [5.74, 6) is 0.527. The minimum atomic E-state index is -1.14. The standard InChI is InChI=1S/C21H20ClN9O/c1-3-4-5-12-19-25-10-26-31(19)9-13(27-12)17-28-16(23)15-18(29-17)30-20(32)21(15,2)14-7-6-11(22)8-24-14/h6-10H,3-5H2,1-2H3,(H3,23,28,29,30,32). The fraction of sp³-hybridized carbons (Fsp3) is 0.286. The number of aromatic nitrogens is 7. The number of hydrogen-bond donors (Lipinski definition) is 2. The van der Waals surface area contributed by atoms with Crippen LogP contribution in [0.4, 0.5) is 11.6 Å². The van der Waals surface area contributed by atoms with Crippen molar-refractivity contribution in [2.24, 2.45) is 0 Å². The minimum absolute atomic E-state index is 0.179. The lowest BCUT2D eigenvalue weighted by Crippen LogP contribution is -2.33. The monoisotopic (exact) mass is 449 g/mol. The van der Waals surface area contributed by atoms with Gasteiger partial charge in [0.2, 0.25) is 5.91 Å². The predicted molar refractivity (Wildman–Crippen MR) is 119 cm³/mol. The Labute approximate surface area is 188 Å². The van der Waals surface area contributed by atoms with Gasteiger partial charge in [-0.05, 0) is 31.9 Å². The number of halogens is 1. The number of anilines is 2. The third kappa shape index (κ3) is 3.06. The van der Waals surface area contributed by atoms with Crippen LogP contribution in [0.15, 0.2) is 30.9 Å². The van der Waals surface area contributed by atoms with E-state index < -0.39 is 5.41 Å². The number of nitrogens with one attached hydrogen (secondary N) is 1. The number of fused-ring (bicyclic) bond motifs is 2. The van der Waals surface area contributed by atoms with Crippen LogP contribution >= 0.6 is 11.6 Å². The molecule has 1 amide bonds. The molecule has 0 bridgehead atoms. The molecule has 10 nitrogen and oxygen atoms in total. The van der Waals surface area contributed by atoms with Crippen molar-refractivity contribution in [3.63, 3.8) is 0 Å². The molecule has 0 radical (unpaired) electrons. The van der Waals surface area contributed by atoms with Crippen molar-refractivity contribution in [3.05, 3.63) is 52.8 Å². The lowest BCUT2D eigenvalue weighted by atomic mass is 9.81. The molecule has 1 aliphatic heterocycles. The van der Waals surface area contributed by atoms with Gasteiger partial charge in [0.15, 0.2) is 11.5 Å². The highest BCUT2D eigenvalue weighted by atomic mass is 35.5. The zero-order valence-electron chi connectivity index (χ0n) is 17.5. The number of aryl methyl sites for hydroxylation is 1. The number of nitrogens with zero attached hydrogens (tertiary/aromatic N) is 7. The first-order valence-corrected chi connectivity index (χ1v) is 10.6. The first-order valence-electron chi connectivity index (χ1n) is 10.2. The van der Waals surface area contributed by atoms with Crippen molar-refractivity contribution in [3.8, 4) is 11.5 Å². The van der Waals surface area contributed by atoms with Gasteiger partial charge in [0, 0.05) is 6.20 Å². The van der Waals surface area contributed by atoms with E-state index in [1.54, 1.807) is 29.8 Å². The maximum atomic E-state index is 13.0. The Balaban J connectivity index is 1.63. The average molecular weight is 450 g/mol. The molecule has 0 fully saturated rings. The van der Waals surface area contributed by atoms with E-state index in [1.165, 1.54) is 12.5 Å². The van der Waals surface area contributed by atoms with E-state index in [0.717, 1.165) is 25.0 Å². The normalized spacial score (nSPS) is 17.5. The molecule has 0 aromatic carbocycles. The fourth-order valence-electron chi connectivity index (χ4n) is 3.95. The van der Waals surface area contributed by atoms with E-state index in [-0.39, 0.29) is 11.7 Å². The van der Waals surface area contributed by atoms with Gasteiger partial charge in [-0.25, -0.2) is 24.5 Å². The molecule has 5 heterocycles. The second-order valence-electron chi connectivity index (χ2n) is 7.80.